The van der Waals surface area contributed by atoms with Crippen LogP contribution in [0.25, 0.3) is 22.4 Å². The van der Waals surface area contributed by atoms with Crippen molar-refractivity contribution in [1.29, 1.82) is 0 Å². The summed E-state index contributed by atoms with van der Waals surface area (Å²) in [5.41, 5.74) is 4.33. The topological polar surface area (TPSA) is 27.1 Å². The molecule has 128 valence electrons. The predicted octanol–water partition coefficient (Wildman–Crippen LogP) is 5.99. The second-order valence-corrected chi connectivity index (χ2v) is 6.27. The molecule has 0 bridgehead atoms. The fourth-order valence-electron chi connectivity index (χ4n) is 3.10. The van der Waals surface area contributed by atoms with Crippen molar-refractivity contribution in [2.45, 2.75) is 13.5 Å². The molecule has 1 heterocycles. The summed E-state index contributed by atoms with van der Waals surface area (Å²) < 4.78 is 8.16. The smallest absolute Gasteiger partial charge is 0.141 e. The first-order valence-corrected chi connectivity index (χ1v) is 8.66. The van der Waals surface area contributed by atoms with E-state index in [0.29, 0.717) is 6.54 Å². The third kappa shape index (κ3) is 3.11. The minimum Gasteiger partial charge on any atom is -0.457 e. The van der Waals surface area contributed by atoms with Gasteiger partial charge in [0.05, 0.1) is 11.0 Å². The van der Waals surface area contributed by atoms with Crippen LogP contribution in [-0.2, 0) is 6.54 Å². The lowest BCUT2D eigenvalue weighted by Crippen LogP contribution is -1.98. The van der Waals surface area contributed by atoms with Crippen molar-refractivity contribution < 1.29 is 4.74 Å². The summed E-state index contributed by atoms with van der Waals surface area (Å²) in [5.74, 6) is 2.53. The fourth-order valence-corrected chi connectivity index (χ4v) is 3.10. The van der Waals surface area contributed by atoms with E-state index in [1.54, 1.807) is 0 Å². The quantitative estimate of drug-likeness (QED) is 0.417. The summed E-state index contributed by atoms with van der Waals surface area (Å²) in [6.07, 6.45) is 1.90. The Hall–Kier alpha value is -3.33. The zero-order chi connectivity index (χ0) is 17.9. The van der Waals surface area contributed by atoms with E-state index in [-0.39, 0.29) is 0 Å². The lowest BCUT2D eigenvalue weighted by Gasteiger charge is -2.09. The number of benzene rings is 3. The van der Waals surface area contributed by atoms with Crippen molar-refractivity contribution in [3.05, 3.63) is 91.0 Å². The van der Waals surface area contributed by atoms with Crippen molar-refractivity contribution in [2.75, 3.05) is 0 Å². The van der Waals surface area contributed by atoms with Crippen molar-refractivity contribution in [3.8, 4) is 22.9 Å². The van der Waals surface area contributed by atoms with E-state index in [1.165, 1.54) is 5.56 Å². The molecule has 0 saturated heterocycles. The molecule has 3 nitrogen and oxygen atoms in total. The monoisotopic (exact) mass is 340 g/mol. The number of para-hydroxylation sites is 1. The van der Waals surface area contributed by atoms with Crippen LogP contribution in [0, 0.1) is 6.92 Å². The molecule has 3 aromatic carbocycles. The molecule has 0 saturated carbocycles. The van der Waals surface area contributed by atoms with E-state index >= 15 is 0 Å². The zero-order valence-electron chi connectivity index (χ0n) is 14.7. The number of rotatable bonds is 5. The van der Waals surface area contributed by atoms with Gasteiger partial charge in [0.2, 0.25) is 0 Å². The molecule has 0 unspecified atom stereocenters. The molecule has 4 aromatic rings. The molecule has 0 aliphatic rings. The molecule has 0 fully saturated rings. The fraction of sp³-hybridized carbons (Fsp3) is 0.0870. The Bertz CT molecular complexity index is 1060. The number of ether oxygens (including phenoxy) is 1. The summed E-state index contributed by atoms with van der Waals surface area (Å²) in [7, 11) is 0. The standard InChI is InChI=1S/C23H20N2O/c1-3-14-25-22-13-12-17(2)15-21(22)24-23(25)18-8-7-11-20(16-18)26-19-9-5-4-6-10-19/h3-13,15-16H,1,14H2,2H3. The third-order valence-electron chi connectivity index (χ3n) is 4.29. The molecule has 1 aromatic heterocycles. The number of aryl methyl sites for hydroxylation is 1. The van der Waals surface area contributed by atoms with Gasteiger partial charge in [-0.15, -0.1) is 6.58 Å². The second-order valence-electron chi connectivity index (χ2n) is 6.27. The second kappa shape index (κ2) is 6.89. The largest absolute Gasteiger partial charge is 0.457 e. The molecule has 0 atom stereocenters. The molecule has 3 heteroatoms. The van der Waals surface area contributed by atoms with Gasteiger partial charge in [0.25, 0.3) is 0 Å². The van der Waals surface area contributed by atoms with Crippen molar-refractivity contribution in [2.24, 2.45) is 0 Å². The Morgan fingerprint density at radius 3 is 2.58 bits per heavy atom. The normalized spacial score (nSPS) is 10.8. The highest BCUT2D eigenvalue weighted by molar-refractivity contribution is 5.81. The molecule has 0 N–H and O–H groups in total. The lowest BCUT2D eigenvalue weighted by molar-refractivity contribution is 0.483. The van der Waals surface area contributed by atoms with E-state index in [4.69, 9.17) is 9.72 Å². The summed E-state index contributed by atoms with van der Waals surface area (Å²) >= 11 is 0. The number of fused-ring (bicyclic) bond motifs is 1. The van der Waals surface area contributed by atoms with E-state index in [2.05, 4.69) is 42.3 Å². The molecule has 0 aliphatic carbocycles. The Morgan fingerprint density at radius 1 is 0.962 bits per heavy atom. The minimum atomic E-state index is 0.707. The van der Waals surface area contributed by atoms with Gasteiger partial charge in [-0.25, -0.2) is 4.98 Å². The molecule has 0 amide bonds. The van der Waals surface area contributed by atoms with E-state index < -0.39 is 0 Å². The molecular formula is C23H20N2O. The number of hydrogen-bond donors (Lipinski definition) is 0. The van der Waals surface area contributed by atoms with E-state index in [1.807, 2.05) is 54.6 Å². The number of hydrogen-bond acceptors (Lipinski definition) is 2. The number of aromatic nitrogens is 2. The van der Waals surface area contributed by atoms with Crippen LogP contribution in [0.5, 0.6) is 11.5 Å². The van der Waals surface area contributed by atoms with Crippen LogP contribution < -0.4 is 4.74 Å². The van der Waals surface area contributed by atoms with Crippen molar-refractivity contribution >= 4 is 11.0 Å². The maximum absolute atomic E-state index is 5.98. The zero-order valence-corrected chi connectivity index (χ0v) is 14.7. The minimum absolute atomic E-state index is 0.707. The van der Waals surface area contributed by atoms with Crippen LogP contribution in [0.3, 0.4) is 0 Å². The maximum atomic E-state index is 5.98. The van der Waals surface area contributed by atoms with Gasteiger partial charge in [-0.05, 0) is 48.9 Å². The Balaban J connectivity index is 1.78. The number of imidazole rings is 1. The van der Waals surface area contributed by atoms with Crippen molar-refractivity contribution in [3.63, 3.8) is 0 Å². The summed E-state index contributed by atoms with van der Waals surface area (Å²) in [4.78, 5) is 4.87. The Morgan fingerprint density at radius 2 is 1.77 bits per heavy atom. The van der Waals surface area contributed by atoms with Crippen LogP contribution in [0.15, 0.2) is 85.5 Å². The van der Waals surface area contributed by atoms with Gasteiger partial charge in [0.1, 0.15) is 17.3 Å². The first kappa shape index (κ1) is 16.2. The molecular weight excluding hydrogens is 320 g/mol. The molecule has 0 aliphatic heterocycles. The SMILES string of the molecule is C=CCn1c(-c2cccc(Oc3ccccc3)c2)nc2cc(C)ccc21. The van der Waals surface area contributed by atoms with Gasteiger partial charge in [0, 0.05) is 12.1 Å². The highest BCUT2D eigenvalue weighted by Crippen LogP contribution is 2.29. The predicted molar refractivity (Wildman–Crippen MR) is 107 cm³/mol. The summed E-state index contributed by atoms with van der Waals surface area (Å²) in [6, 6.07) is 24.2. The van der Waals surface area contributed by atoms with Crippen LogP contribution in [0.1, 0.15) is 5.56 Å². The molecule has 0 radical (unpaired) electrons. The van der Waals surface area contributed by atoms with Gasteiger partial charge in [0.15, 0.2) is 0 Å². The summed E-state index contributed by atoms with van der Waals surface area (Å²) in [6.45, 7) is 6.69. The number of nitrogens with zero attached hydrogens (tertiary/aromatic N) is 2. The molecule has 0 spiro atoms. The molecule has 26 heavy (non-hydrogen) atoms. The van der Waals surface area contributed by atoms with E-state index in [9.17, 15) is 0 Å². The van der Waals surface area contributed by atoms with Crippen LogP contribution in [-0.4, -0.2) is 9.55 Å². The van der Waals surface area contributed by atoms with Gasteiger partial charge in [-0.3, -0.25) is 0 Å². The van der Waals surface area contributed by atoms with Gasteiger partial charge >= 0.3 is 0 Å². The lowest BCUT2D eigenvalue weighted by atomic mass is 10.2. The average molecular weight is 340 g/mol. The first-order valence-electron chi connectivity index (χ1n) is 8.66. The van der Waals surface area contributed by atoms with Gasteiger partial charge in [-0.1, -0.05) is 42.5 Å². The van der Waals surface area contributed by atoms with Crippen LogP contribution >= 0.6 is 0 Å². The number of allylic oxidation sites excluding steroid dienone is 1. The van der Waals surface area contributed by atoms with Gasteiger partial charge < -0.3 is 9.30 Å². The highest BCUT2D eigenvalue weighted by atomic mass is 16.5. The molecule has 4 rings (SSSR count). The Kier molecular flexibility index (Phi) is 4.28. The third-order valence-corrected chi connectivity index (χ3v) is 4.29. The summed E-state index contributed by atoms with van der Waals surface area (Å²) in [5, 5.41) is 0. The first-order chi connectivity index (χ1) is 12.7. The Labute approximate surface area is 153 Å². The maximum Gasteiger partial charge on any atom is 0.141 e. The average Bonchev–Trinajstić information content (AvgIpc) is 3.01. The van der Waals surface area contributed by atoms with Crippen LogP contribution in [0.2, 0.25) is 0 Å². The van der Waals surface area contributed by atoms with Crippen molar-refractivity contribution in [1.82, 2.24) is 9.55 Å². The van der Waals surface area contributed by atoms with Gasteiger partial charge in [-0.2, -0.15) is 0 Å². The van der Waals surface area contributed by atoms with Crippen LogP contribution in [0.4, 0.5) is 0 Å². The highest BCUT2D eigenvalue weighted by Gasteiger charge is 2.12. The van der Waals surface area contributed by atoms with E-state index in [0.717, 1.165) is 33.9 Å².